The second-order valence-corrected chi connectivity index (χ2v) is 10.0. The van der Waals surface area contributed by atoms with Crippen LogP contribution >= 0.6 is 0 Å². The summed E-state index contributed by atoms with van der Waals surface area (Å²) in [4.78, 5) is 16.9. The van der Waals surface area contributed by atoms with Gasteiger partial charge in [0.05, 0.1) is 16.9 Å². The molecule has 0 atom stereocenters. The fraction of sp³-hybridized carbons (Fsp3) is 0.579. The Bertz CT molecular complexity index is 984. The molecule has 1 amide bonds. The summed E-state index contributed by atoms with van der Waals surface area (Å²) in [7, 11) is -4.09. The molecular formula is C19H22F3N3O5S. The molecule has 2 heterocycles. The van der Waals surface area contributed by atoms with Crippen molar-refractivity contribution in [3.8, 4) is 0 Å². The maximum atomic E-state index is 12.9. The largest absolute Gasteiger partial charge is 0.416 e. The summed E-state index contributed by atoms with van der Waals surface area (Å²) in [6.07, 6.45) is -2.29. The molecule has 170 valence electrons. The van der Waals surface area contributed by atoms with E-state index in [9.17, 15) is 26.4 Å². The Morgan fingerprint density at radius 1 is 1.29 bits per heavy atom. The summed E-state index contributed by atoms with van der Waals surface area (Å²) >= 11 is 0. The Balaban J connectivity index is 1.34. The molecule has 12 heteroatoms. The molecular weight excluding hydrogens is 439 g/mol. The topological polar surface area (TPSA) is 97.3 Å². The van der Waals surface area contributed by atoms with Crippen LogP contribution in [0.15, 0.2) is 34.3 Å². The first-order valence-electron chi connectivity index (χ1n) is 9.96. The number of hydrogen-bond acceptors (Lipinski definition) is 6. The van der Waals surface area contributed by atoms with Crippen LogP contribution < -0.4 is 5.32 Å². The third kappa shape index (κ3) is 4.95. The van der Waals surface area contributed by atoms with Gasteiger partial charge in [0, 0.05) is 32.5 Å². The molecule has 0 unspecified atom stereocenters. The predicted octanol–water partition coefficient (Wildman–Crippen LogP) is 3.10. The van der Waals surface area contributed by atoms with E-state index in [0.717, 1.165) is 35.3 Å². The second kappa shape index (κ2) is 7.97. The Morgan fingerprint density at radius 2 is 2.00 bits per heavy atom. The molecule has 31 heavy (non-hydrogen) atoms. The predicted molar refractivity (Wildman–Crippen MR) is 103 cm³/mol. The zero-order valence-electron chi connectivity index (χ0n) is 16.5. The number of nitrogens with zero attached hydrogens (tertiary/aromatic N) is 2. The molecule has 1 aromatic rings. The van der Waals surface area contributed by atoms with Crippen LogP contribution in [0.2, 0.25) is 0 Å². The number of ether oxygens (including phenoxy) is 1. The van der Waals surface area contributed by atoms with Gasteiger partial charge in [-0.3, -0.25) is 0 Å². The van der Waals surface area contributed by atoms with E-state index in [-0.39, 0.29) is 38.2 Å². The van der Waals surface area contributed by atoms with E-state index < -0.39 is 38.4 Å². The zero-order valence-corrected chi connectivity index (χ0v) is 17.3. The third-order valence-corrected chi connectivity index (χ3v) is 7.58. The van der Waals surface area contributed by atoms with Crippen LogP contribution in [0.25, 0.3) is 0 Å². The maximum Gasteiger partial charge on any atom is 0.416 e. The number of hydrogen-bond donors (Lipinski definition) is 1. The van der Waals surface area contributed by atoms with Crippen LogP contribution in [-0.2, 0) is 25.8 Å². The summed E-state index contributed by atoms with van der Waals surface area (Å²) in [6.45, 7) is 0.658. The van der Waals surface area contributed by atoms with Gasteiger partial charge in [0.1, 0.15) is 5.60 Å². The molecule has 8 nitrogen and oxygen atoms in total. The van der Waals surface area contributed by atoms with Crippen molar-refractivity contribution in [1.29, 1.82) is 0 Å². The molecule has 1 saturated heterocycles. The van der Waals surface area contributed by atoms with Crippen molar-refractivity contribution in [3.05, 3.63) is 29.8 Å². The molecule has 1 saturated carbocycles. The summed E-state index contributed by atoms with van der Waals surface area (Å²) in [5.74, 6) is 0.631. The summed E-state index contributed by atoms with van der Waals surface area (Å²) in [5, 5.41) is 6.48. The van der Waals surface area contributed by atoms with E-state index >= 15 is 0 Å². The lowest BCUT2D eigenvalue weighted by molar-refractivity contribution is -0.137. The van der Waals surface area contributed by atoms with Gasteiger partial charge < -0.3 is 14.9 Å². The van der Waals surface area contributed by atoms with Gasteiger partial charge in [0.2, 0.25) is 15.9 Å². The maximum absolute atomic E-state index is 12.9. The lowest BCUT2D eigenvalue weighted by Gasteiger charge is -2.36. The lowest BCUT2D eigenvalue weighted by atomic mass is 9.89. The highest BCUT2D eigenvalue weighted by Crippen LogP contribution is 2.37. The van der Waals surface area contributed by atoms with E-state index in [0.29, 0.717) is 18.5 Å². The van der Waals surface area contributed by atoms with Crippen molar-refractivity contribution >= 4 is 22.0 Å². The Hall–Kier alpha value is -2.34. The van der Waals surface area contributed by atoms with Crippen molar-refractivity contribution in [3.63, 3.8) is 0 Å². The molecule has 1 N–H and O–H groups in total. The number of carbonyl (C=O) groups excluding carboxylic acids is 1. The Morgan fingerprint density at radius 3 is 2.65 bits per heavy atom. The third-order valence-electron chi connectivity index (χ3n) is 5.69. The van der Waals surface area contributed by atoms with Gasteiger partial charge in [-0.2, -0.15) is 17.5 Å². The summed E-state index contributed by atoms with van der Waals surface area (Å²) in [6, 6.07) is 3.70. The van der Waals surface area contributed by atoms with Gasteiger partial charge in [0.25, 0.3) is 0 Å². The van der Waals surface area contributed by atoms with Gasteiger partial charge in [-0.25, -0.2) is 13.2 Å². The Labute approximate surface area is 177 Å². The SMILES string of the molecule is O=C(NCC1CC1)OC1=NOC2(CCN(S(=O)(=O)c3cccc(C(F)(F)F)c3)CC2)C1. The monoisotopic (exact) mass is 461 g/mol. The number of oxime groups is 1. The molecule has 0 aromatic heterocycles. The molecule has 2 fully saturated rings. The minimum absolute atomic E-state index is 0.0508. The molecule has 1 spiro atoms. The van der Waals surface area contributed by atoms with Gasteiger partial charge in [-0.1, -0.05) is 11.2 Å². The number of benzene rings is 1. The smallest absolute Gasteiger partial charge is 0.392 e. The number of amides is 1. The first kappa shape index (κ1) is 21.9. The number of carbonyl (C=O) groups is 1. The number of alkyl halides is 3. The fourth-order valence-electron chi connectivity index (χ4n) is 3.62. The second-order valence-electron chi connectivity index (χ2n) is 8.08. The van der Waals surface area contributed by atoms with Crippen LogP contribution in [-0.4, -0.2) is 49.9 Å². The molecule has 4 rings (SSSR count). The van der Waals surface area contributed by atoms with E-state index in [4.69, 9.17) is 9.57 Å². The van der Waals surface area contributed by atoms with Crippen molar-refractivity contribution in [2.45, 2.75) is 48.8 Å². The van der Waals surface area contributed by atoms with Crippen LogP contribution in [0.4, 0.5) is 18.0 Å². The highest BCUT2D eigenvalue weighted by Gasteiger charge is 2.46. The normalized spacial score (nSPS) is 21.5. The van der Waals surface area contributed by atoms with Crippen LogP contribution in [0.5, 0.6) is 0 Å². The minimum atomic E-state index is -4.63. The molecule has 3 aliphatic rings. The summed E-state index contributed by atoms with van der Waals surface area (Å²) in [5.41, 5.74) is -1.80. The average Bonchev–Trinajstić information content (AvgIpc) is 3.48. The first-order chi connectivity index (χ1) is 14.6. The number of nitrogens with one attached hydrogen (secondary N) is 1. The van der Waals surface area contributed by atoms with Crippen LogP contribution in [0.3, 0.4) is 0 Å². The first-order valence-corrected chi connectivity index (χ1v) is 11.4. The van der Waals surface area contributed by atoms with Crippen molar-refractivity contribution in [2.75, 3.05) is 19.6 Å². The zero-order chi connectivity index (χ0) is 22.3. The molecule has 2 aliphatic heterocycles. The lowest BCUT2D eigenvalue weighted by Crippen LogP contribution is -2.47. The van der Waals surface area contributed by atoms with E-state index in [2.05, 4.69) is 10.5 Å². The highest BCUT2D eigenvalue weighted by molar-refractivity contribution is 7.89. The average molecular weight is 461 g/mol. The number of alkyl carbamates (subject to hydrolysis) is 1. The van der Waals surface area contributed by atoms with E-state index in [1.165, 1.54) is 0 Å². The molecule has 0 bridgehead atoms. The molecule has 0 radical (unpaired) electrons. The number of rotatable bonds is 4. The standard InChI is InChI=1S/C19H22F3N3O5S/c20-19(21,22)14-2-1-3-15(10-14)31(27,28)25-8-6-18(7-9-25)11-16(24-30-18)29-17(26)23-12-13-4-5-13/h1-3,10,13H,4-9,11-12H2,(H,23,26). The van der Waals surface area contributed by atoms with Crippen LogP contribution in [0, 0.1) is 5.92 Å². The van der Waals surface area contributed by atoms with Crippen molar-refractivity contribution in [1.82, 2.24) is 9.62 Å². The quantitative estimate of drug-likeness (QED) is 0.743. The summed E-state index contributed by atoms with van der Waals surface area (Å²) < 4.78 is 70.8. The van der Waals surface area contributed by atoms with Crippen LogP contribution in [0.1, 0.15) is 37.7 Å². The van der Waals surface area contributed by atoms with E-state index in [1.807, 2.05) is 0 Å². The fourth-order valence-corrected chi connectivity index (χ4v) is 5.11. The van der Waals surface area contributed by atoms with Gasteiger partial charge in [-0.15, -0.1) is 0 Å². The highest BCUT2D eigenvalue weighted by atomic mass is 32.2. The van der Waals surface area contributed by atoms with Crippen molar-refractivity contribution in [2.24, 2.45) is 11.1 Å². The number of piperidine rings is 1. The van der Waals surface area contributed by atoms with Crippen molar-refractivity contribution < 1.29 is 36.0 Å². The van der Waals surface area contributed by atoms with Gasteiger partial charge in [-0.05, 0) is 37.0 Å². The van der Waals surface area contributed by atoms with Gasteiger partial charge in [0.15, 0.2) is 0 Å². The molecule has 1 aromatic carbocycles. The number of sulfonamides is 1. The minimum Gasteiger partial charge on any atom is -0.392 e. The van der Waals surface area contributed by atoms with Gasteiger partial charge >= 0.3 is 12.3 Å². The number of halogens is 3. The van der Waals surface area contributed by atoms with E-state index in [1.54, 1.807) is 0 Å². The molecule has 1 aliphatic carbocycles. The Kier molecular flexibility index (Phi) is 5.63.